The summed E-state index contributed by atoms with van der Waals surface area (Å²) < 4.78 is 0. The summed E-state index contributed by atoms with van der Waals surface area (Å²) in [5.74, 6) is 1.43. The maximum Gasteiger partial charge on any atom is 0.0921 e. The number of imidazole rings is 1. The van der Waals surface area contributed by atoms with E-state index in [0.29, 0.717) is 5.92 Å². The molecule has 0 saturated carbocycles. The topological polar surface area (TPSA) is 40.7 Å². The molecule has 2 atom stereocenters. The van der Waals surface area contributed by atoms with Crippen molar-refractivity contribution in [3.8, 4) is 0 Å². The van der Waals surface area contributed by atoms with E-state index in [9.17, 15) is 0 Å². The van der Waals surface area contributed by atoms with Crippen LogP contribution in [0, 0.1) is 5.92 Å². The molecule has 1 aromatic rings. The zero-order chi connectivity index (χ0) is 8.39. The van der Waals surface area contributed by atoms with Crippen molar-refractivity contribution in [2.24, 2.45) is 5.92 Å². The highest BCUT2D eigenvalue weighted by Gasteiger charge is 2.27. The fourth-order valence-corrected chi connectivity index (χ4v) is 2.00. The van der Waals surface area contributed by atoms with Crippen molar-refractivity contribution < 1.29 is 0 Å². The minimum absolute atomic E-state index is 0.650. The predicted molar refractivity (Wildman–Crippen MR) is 48.0 cm³/mol. The quantitative estimate of drug-likeness (QED) is 0.689. The Kier molecular flexibility index (Phi) is 2.13. The van der Waals surface area contributed by atoms with Crippen LogP contribution >= 0.6 is 0 Å². The monoisotopic (exact) mass is 165 g/mol. The average molecular weight is 165 g/mol. The lowest BCUT2D eigenvalue weighted by Gasteiger charge is -2.14. The molecular weight excluding hydrogens is 150 g/mol. The number of rotatable bonds is 2. The Labute approximate surface area is 72.6 Å². The van der Waals surface area contributed by atoms with Gasteiger partial charge in [-0.15, -0.1) is 0 Å². The molecule has 1 aliphatic rings. The van der Waals surface area contributed by atoms with Crippen molar-refractivity contribution in [1.82, 2.24) is 15.3 Å². The smallest absolute Gasteiger partial charge is 0.0921 e. The van der Waals surface area contributed by atoms with Gasteiger partial charge in [-0.05, 0) is 12.5 Å². The zero-order valence-electron chi connectivity index (χ0n) is 7.38. The number of H-pyrrole nitrogens is 1. The summed E-state index contributed by atoms with van der Waals surface area (Å²) in [4.78, 5) is 7.24. The minimum Gasteiger partial charge on any atom is -0.348 e. The van der Waals surface area contributed by atoms with E-state index < -0.39 is 0 Å². The Hall–Kier alpha value is -0.830. The maximum atomic E-state index is 4.05. The Balaban J connectivity index is 2.13. The van der Waals surface area contributed by atoms with Crippen LogP contribution in [0.2, 0.25) is 0 Å². The summed E-state index contributed by atoms with van der Waals surface area (Å²) in [5.41, 5.74) is 1.28. The Morgan fingerprint density at radius 2 is 2.50 bits per heavy atom. The van der Waals surface area contributed by atoms with Gasteiger partial charge < -0.3 is 10.3 Å². The first kappa shape index (κ1) is 7.80. The third-order valence-corrected chi connectivity index (χ3v) is 2.78. The Morgan fingerprint density at radius 1 is 1.58 bits per heavy atom. The molecule has 0 amide bonds. The van der Waals surface area contributed by atoms with Gasteiger partial charge in [0.05, 0.1) is 6.33 Å². The largest absolute Gasteiger partial charge is 0.348 e. The first-order chi connectivity index (χ1) is 5.92. The van der Waals surface area contributed by atoms with Crippen molar-refractivity contribution in [2.75, 3.05) is 13.1 Å². The number of nitrogens with zero attached hydrogens (tertiary/aromatic N) is 1. The second kappa shape index (κ2) is 3.27. The summed E-state index contributed by atoms with van der Waals surface area (Å²) in [6.45, 7) is 4.50. The van der Waals surface area contributed by atoms with Gasteiger partial charge in [-0.3, -0.25) is 0 Å². The summed E-state index contributed by atoms with van der Waals surface area (Å²) in [5, 5.41) is 3.41. The lowest BCUT2D eigenvalue weighted by molar-refractivity contribution is 0.496. The molecule has 12 heavy (non-hydrogen) atoms. The summed E-state index contributed by atoms with van der Waals surface area (Å²) >= 11 is 0. The van der Waals surface area contributed by atoms with E-state index in [1.807, 2.05) is 6.20 Å². The molecule has 2 unspecified atom stereocenters. The van der Waals surface area contributed by atoms with Crippen LogP contribution in [0.25, 0.3) is 0 Å². The summed E-state index contributed by atoms with van der Waals surface area (Å²) in [6, 6.07) is 0. The van der Waals surface area contributed by atoms with Crippen molar-refractivity contribution in [1.29, 1.82) is 0 Å². The van der Waals surface area contributed by atoms with Crippen LogP contribution in [-0.4, -0.2) is 23.1 Å². The second-order valence-corrected chi connectivity index (χ2v) is 3.44. The van der Waals surface area contributed by atoms with Gasteiger partial charge in [0.2, 0.25) is 0 Å². The maximum absolute atomic E-state index is 4.05. The molecule has 1 fully saturated rings. The van der Waals surface area contributed by atoms with Crippen LogP contribution in [0.1, 0.15) is 25.0 Å². The van der Waals surface area contributed by atoms with E-state index in [2.05, 4.69) is 22.2 Å². The molecule has 0 spiro atoms. The SMILES string of the molecule is CCC1CNCC1c1cnc[nH]1. The summed E-state index contributed by atoms with van der Waals surface area (Å²) in [7, 11) is 0. The second-order valence-electron chi connectivity index (χ2n) is 3.44. The molecule has 2 N–H and O–H groups in total. The Morgan fingerprint density at radius 3 is 3.17 bits per heavy atom. The zero-order valence-corrected chi connectivity index (χ0v) is 7.38. The van der Waals surface area contributed by atoms with Crippen molar-refractivity contribution in [2.45, 2.75) is 19.3 Å². The van der Waals surface area contributed by atoms with Gasteiger partial charge in [0.15, 0.2) is 0 Å². The molecule has 1 aliphatic heterocycles. The van der Waals surface area contributed by atoms with E-state index >= 15 is 0 Å². The predicted octanol–water partition coefficient (Wildman–Crippen LogP) is 1.12. The molecule has 0 aromatic carbocycles. The molecule has 1 saturated heterocycles. The van der Waals surface area contributed by atoms with Gasteiger partial charge in [0, 0.05) is 24.4 Å². The molecule has 2 heterocycles. The van der Waals surface area contributed by atoms with Crippen LogP contribution in [0.4, 0.5) is 0 Å². The number of hydrogen-bond donors (Lipinski definition) is 2. The van der Waals surface area contributed by atoms with Gasteiger partial charge in [0.25, 0.3) is 0 Å². The van der Waals surface area contributed by atoms with Crippen LogP contribution in [0.3, 0.4) is 0 Å². The van der Waals surface area contributed by atoms with Gasteiger partial charge >= 0.3 is 0 Å². The van der Waals surface area contributed by atoms with Crippen molar-refractivity contribution in [3.05, 3.63) is 18.2 Å². The highest BCUT2D eigenvalue weighted by atomic mass is 14.9. The lowest BCUT2D eigenvalue weighted by Crippen LogP contribution is -2.09. The average Bonchev–Trinajstić information content (AvgIpc) is 2.74. The number of hydrogen-bond acceptors (Lipinski definition) is 2. The van der Waals surface area contributed by atoms with E-state index in [0.717, 1.165) is 19.0 Å². The molecule has 3 heteroatoms. The number of nitrogens with one attached hydrogen (secondary N) is 2. The van der Waals surface area contributed by atoms with Crippen molar-refractivity contribution in [3.63, 3.8) is 0 Å². The molecule has 0 radical (unpaired) electrons. The number of aromatic nitrogens is 2. The molecule has 2 rings (SSSR count). The van der Waals surface area contributed by atoms with Gasteiger partial charge in [-0.25, -0.2) is 4.98 Å². The first-order valence-corrected chi connectivity index (χ1v) is 4.60. The number of aromatic amines is 1. The fourth-order valence-electron chi connectivity index (χ4n) is 2.00. The molecule has 1 aromatic heterocycles. The molecule has 3 nitrogen and oxygen atoms in total. The van der Waals surface area contributed by atoms with Crippen LogP contribution < -0.4 is 5.32 Å². The first-order valence-electron chi connectivity index (χ1n) is 4.60. The van der Waals surface area contributed by atoms with Crippen LogP contribution in [0.5, 0.6) is 0 Å². The van der Waals surface area contributed by atoms with E-state index in [-0.39, 0.29) is 0 Å². The van der Waals surface area contributed by atoms with Crippen LogP contribution in [-0.2, 0) is 0 Å². The summed E-state index contributed by atoms with van der Waals surface area (Å²) in [6.07, 6.45) is 4.96. The third kappa shape index (κ3) is 1.25. The van der Waals surface area contributed by atoms with Gasteiger partial charge in [-0.2, -0.15) is 0 Å². The van der Waals surface area contributed by atoms with E-state index in [1.165, 1.54) is 12.1 Å². The normalized spacial score (nSPS) is 29.4. The van der Waals surface area contributed by atoms with Crippen molar-refractivity contribution >= 4 is 0 Å². The molecule has 0 bridgehead atoms. The van der Waals surface area contributed by atoms with E-state index in [4.69, 9.17) is 0 Å². The van der Waals surface area contributed by atoms with Gasteiger partial charge in [-0.1, -0.05) is 13.3 Å². The van der Waals surface area contributed by atoms with E-state index in [1.54, 1.807) is 6.33 Å². The molecule has 66 valence electrons. The lowest BCUT2D eigenvalue weighted by atomic mass is 9.91. The highest BCUT2D eigenvalue weighted by Crippen LogP contribution is 2.28. The van der Waals surface area contributed by atoms with Crippen LogP contribution in [0.15, 0.2) is 12.5 Å². The minimum atomic E-state index is 0.650. The fraction of sp³-hybridized carbons (Fsp3) is 0.667. The van der Waals surface area contributed by atoms with Gasteiger partial charge in [0.1, 0.15) is 0 Å². The highest BCUT2D eigenvalue weighted by molar-refractivity contribution is 5.09. The molecular formula is C9H15N3. The molecule has 0 aliphatic carbocycles. The Bertz CT molecular complexity index is 230. The third-order valence-electron chi connectivity index (χ3n) is 2.78. The standard InChI is InChI=1S/C9H15N3/c1-2-7-3-10-4-8(7)9-5-11-6-12-9/h5-8,10H,2-4H2,1H3,(H,11,12).